The monoisotopic (exact) mass is 462 g/mol. The highest BCUT2D eigenvalue weighted by molar-refractivity contribution is 5.94. The Morgan fingerprint density at radius 2 is 1.76 bits per heavy atom. The summed E-state index contributed by atoms with van der Waals surface area (Å²) in [6.45, 7) is 7.86. The number of oxazole rings is 1. The van der Waals surface area contributed by atoms with Gasteiger partial charge in [-0.2, -0.15) is 9.97 Å². The van der Waals surface area contributed by atoms with Crippen LogP contribution in [-0.2, 0) is 5.41 Å². The second-order valence-electron chi connectivity index (χ2n) is 9.09. The van der Waals surface area contributed by atoms with E-state index in [0.29, 0.717) is 60.7 Å². The van der Waals surface area contributed by atoms with Gasteiger partial charge < -0.3 is 23.8 Å². The molecule has 0 bridgehead atoms. The maximum Gasteiger partial charge on any atom is 0.300 e. The smallest absolute Gasteiger partial charge is 0.300 e. The van der Waals surface area contributed by atoms with Crippen molar-refractivity contribution in [3.63, 3.8) is 0 Å². The predicted octanol–water partition coefficient (Wildman–Crippen LogP) is 2.81. The molecule has 1 fully saturated rings. The second-order valence-corrected chi connectivity index (χ2v) is 9.09. The first-order valence-electron chi connectivity index (χ1n) is 11.2. The third kappa shape index (κ3) is 4.12. The van der Waals surface area contributed by atoms with E-state index < -0.39 is 5.41 Å². The zero-order valence-corrected chi connectivity index (χ0v) is 19.4. The van der Waals surface area contributed by atoms with Gasteiger partial charge in [0.25, 0.3) is 11.9 Å². The van der Waals surface area contributed by atoms with Crippen molar-refractivity contribution in [2.24, 2.45) is 0 Å². The summed E-state index contributed by atoms with van der Waals surface area (Å²) in [5, 5.41) is 13.5. The fourth-order valence-corrected chi connectivity index (χ4v) is 3.77. The lowest BCUT2D eigenvalue weighted by Crippen LogP contribution is -2.48. The molecule has 4 heterocycles. The molecule has 5 rings (SSSR count). The van der Waals surface area contributed by atoms with Gasteiger partial charge in [0.2, 0.25) is 17.4 Å². The Morgan fingerprint density at radius 1 is 1.03 bits per heavy atom. The maximum absolute atomic E-state index is 13.0. The summed E-state index contributed by atoms with van der Waals surface area (Å²) in [6, 6.07) is 11.5. The summed E-state index contributed by atoms with van der Waals surface area (Å²) in [5.74, 6) is 0.760. The molecule has 10 heteroatoms. The number of anilines is 1. The van der Waals surface area contributed by atoms with Gasteiger partial charge in [-0.15, -0.1) is 0 Å². The molecule has 1 N–H and O–H groups in total. The van der Waals surface area contributed by atoms with Crippen LogP contribution >= 0.6 is 0 Å². The zero-order chi connectivity index (χ0) is 23.9. The molecule has 1 saturated heterocycles. The molecule has 1 aliphatic rings. The van der Waals surface area contributed by atoms with Gasteiger partial charge >= 0.3 is 0 Å². The first kappa shape index (κ1) is 22.0. The number of amides is 1. The van der Waals surface area contributed by atoms with Gasteiger partial charge in [0, 0.05) is 43.0 Å². The average molecular weight is 463 g/mol. The van der Waals surface area contributed by atoms with Gasteiger partial charge in [0.15, 0.2) is 5.58 Å². The number of benzene rings is 1. The molecular weight excluding hydrogens is 436 g/mol. The Hall–Kier alpha value is -3.79. The molecule has 3 aromatic heterocycles. The Morgan fingerprint density at radius 3 is 2.47 bits per heavy atom. The van der Waals surface area contributed by atoms with E-state index >= 15 is 0 Å². The zero-order valence-electron chi connectivity index (χ0n) is 19.4. The van der Waals surface area contributed by atoms with E-state index in [1.165, 1.54) is 0 Å². The van der Waals surface area contributed by atoms with Crippen LogP contribution in [-0.4, -0.2) is 68.8 Å². The number of carbonyl (C=O) groups excluding carboxylic acids is 1. The van der Waals surface area contributed by atoms with Gasteiger partial charge in [-0.05, 0) is 45.0 Å². The number of fused-ring (bicyclic) bond motifs is 1. The van der Waals surface area contributed by atoms with Crippen molar-refractivity contribution in [3.05, 3.63) is 53.5 Å². The molecule has 176 valence electrons. The van der Waals surface area contributed by atoms with Crippen LogP contribution in [0.15, 0.2) is 45.3 Å². The van der Waals surface area contributed by atoms with Crippen LogP contribution in [0.4, 0.5) is 6.01 Å². The number of aryl methyl sites for hydroxylation is 1. The van der Waals surface area contributed by atoms with E-state index in [0.717, 1.165) is 11.3 Å². The molecular formula is C24H26N6O4. The standard InChI is InChI=1S/C24H26N6O4/c1-15-4-9-18-20(25-15)27-23(33-18)30-12-10-29(11-13-30)21(32)17-7-5-16(6-8-17)19-26-22(34-28-19)24(2,3)14-31/h4-9,31H,10-14H2,1-3H3. The van der Waals surface area contributed by atoms with Crippen molar-refractivity contribution in [1.82, 2.24) is 25.0 Å². The highest BCUT2D eigenvalue weighted by Gasteiger charge is 2.28. The molecule has 0 unspecified atom stereocenters. The van der Waals surface area contributed by atoms with Crippen LogP contribution < -0.4 is 4.90 Å². The van der Waals surface area contributed by atoms with Crippen molar-refractivity contribution in [2.75, 3.05) is 37.7 Å². The molecule has 4 aromatic rings. The topological polar surface area (TPSA) is 122 Å². The Bertz CT molecular complexity index is 1320. The number of aliphatic hydroxyl groups is 1. The number of aliphatic hydroxyl groups excluding tert-OH is 1. The highest BCUT2D eigenvalue weighted by atomic mass is 16.5. The van der Waals surface area contributed by atoms with Crippen molar-refractivity contribution < 1.29 is 18.8 Å². The number of piperazine rings is 1. The van der Waals surface area contributed by atoms with Gasteiger partial charge in [-0.1, -0.05) is 17.3 Å². The molecule has 10 nitrogen and oxygen atoms in total. The van der Waals surface area contributed by atoms with Gasteiger partial charge in [0.1, 0.15) is 0 Å². The minimum atomic E-state index is -0.614. The number of carbonyl (C=O) groups is 1. The fraction of sp³-hybridized carbons (Fsp3) is 0.375. The maximum atomic E-state index is 13.0. The Labute approximate surface area is 196 Å². The van der Waals surface area contributed by atoms with Gasteiger partial charge in [-0.3, -0.25) is 4.79 Å². The van der Waals surface area contributed by atoms with E-state index in [-0.39, 0.29) is 12.5 Å². The number of hydrogen-bond acceptors (Lipinski definition) is 9. The van der Waals surface area contributed by atoms with Crippen molar-refractivity contribution in [2.45, 2.75) is 26.2 Å². The minimum Gasteiger partial charge on any atom is -0.422 e. The summed E-state index contributed by atoms with van der Waals surface area (Å²) in [6.07, 6.45) is 0. The normalized spacial score (nSPS) is 14.7. The van der Waals surface area contributed by atoms with Gasteiger partial charge in [0.05, 0.1) is 12.0 Å². The lowest BCUT2D eigenvalue weighted by Gasteiger charge is -2.33. The molecule has 0 radical (unpaired) electrons. The first-order valence-corrected chi connectivity index (χ1v) is 11.2. The Balaban J connectivity index is 1.23. The average Bonchev–Trinajstić information content (AvgIpc) is 3.52. The molecule has 34 heavy (non-hydrogen) atoms. The van der Waals surface area contributed by atoms with E-state index in [4.69, 9.17) is 8.94 Å². The van der Waals surface area contributed by atoms with Crippen LogP contribution in [0.1, 0.15) is 35.8 Å². The van der Waals surface area contributed by atoms with Crippen molar-refractivity contribution in [3.8, 4) is 11.4 Å². The number of nitrogens with zero attached hydrogens (tertiary/aromatic N) is 6. The number of pyridine rings is 1. The van der Waals surface area contributed by atoms with Crippen LogP contribution in [0.25, 0.3) is 22.6 Å². The number of hydrogen-bond donors (Lipinski definition) is 1. The van der Waals surface area contributed by atoms with Crippen molar-refractivity contribution >= 4 is 23.2 Å². The largest absolute Gasteiger partial charge is 0.422 e. The number of rotatable bonds is 5. The highest BCUT2D eigenvalue weighted by Crippen LogP contribution is 2.25. The van der Waals surface area contributed by atoms with Crippen LogP contribution in [0.5, 0.6) is 0 Å². The third-order valence-electron chi connectivity index (χ3n) is 6.01. The molecule has 1 amide bonds. The molecule has 0 saturated carbocycles. The Kier molecular flexibility index (Phi) is 5.52. The van der Waals surface area contributed by atoms with E-state index in [2.05, 4.69) is 20.1 Å². The van der Waals surface area contributed by atoms with E-state index in [1.54, 1.807) is 24.3 Å². The summed E-state index contributed by atoms with van der Waals surface area (Å²) >= 11 is 0. The third-order valence-corrected chi connectivity index (χ3v) is 6.01. The quantitative estimate of drug-likeness (QED) is 0.477. The molecule has 0 spiro atoms. The second kappa shape index (κ2) is 8.53. The number of aromatic nitrogens is 4. The molecule has 0 aliphatic carbocycles. The molecule has 1 aromatic carbocycles. The van der Waals surface area contributed by atoms with Crippen LogP contribution in [0, 0.1) is 6.92 Å². The lowest BCUT2D eigenvalue weighted by atomic mass is 9.95. The van der Waals surface area contributed by atoms with Crippen molar-refractivity contribution in [1.29, 1.82) is 0 Å². The fourth-order valence-electron chi connectivity index (χ4n) is 3.77. The van der Waals surface area contributed by atoms with Crippen LogP contribution in [0.2, 0.25) is 0 Å². The minimum absolute atomic E-state index is 0.0312. The molecule has 0 atom stereocenters. The summed E-state index contributed by atoms with van der Waals surface area (Å²) < 4.78 is 11.1. The first-order chi connectivity index (χ1) is 16.3. The lowest BCUT2D eigenvalue weighted by molar-refractivity contribution is 0.0745. The predicted molar refractivity (Wildman–Crippen MR) is 125 cm³/mol. The van der Waals surface area contributed by atoms with Gasteiger partial charge in [-0.25, -0.2) is 4.98 Å². The summed E-state index contributed by atoms with van der Waals surface area (Å²) in [4.78, 5) is 30.2. The van der Waals surface area contributed by atoms with E-state index in [1.807, 2.05) is 42.7 Å². The van der Waals surface area contributed by atoms with E-state index in [9.17, 15) is 9.90 Å². The summed E-state index contributed by atoms with van der Waals surface area (Å²) in [5.41, 5.74) is 2.87. The molecule has 1 aliphatic heterocycles. The van der Waals surface area contributed by atoms with Crippen LogP contribution in [0.3, 0.4) is 0 Å². The SMILES string of the molecule is Cc1ccc2oc(N3CCN(C(=O)c4ccc(-c5noc(C(C)(C)CO)n5)cc4)CC3)nc2n1. The summed E-state index contributed by atoms with van der Waals surface area (Å²) in [7, 11) is 0.